The third-order valence-corrected chi connectivity index (χ3v) is 5.36. The van der Waals surface area contributed by atoms with Gasteiger partial charge in [0.05, 0.1) is 27.2 Å². The van der Waals surface area contributed by atoms with Crippen molar-refractivity contribution in [3.63, 3.8) is 0 Å². The molecular weight excluding hydrogens is 414 g/mol. The van der Waals surface area contributed by atoms with Gasteiger partial charge in [0.2, 0.25) is 11.5 Å². The van der Waals surface area contributed by atoms with Gasteiger partial charge in [-0.05, 0) is 29.7 Å². The lowest BCUT2D eigenvalue weighted by atomic mass is 10.1. The molecule has 1 aliphatic rings. The number of benzene rings is 2. The summed E-state index contributed by atoms with van der Waals surface area (Å²) < 4.78 is 21.4. The molecule has 0 radical (unpaired) electrons. The summed E-state index contributed by atoms with van der Waals surface area (Å²) in [6.45, 7) is 0.545. The number of carbonyl (C=O) groups is 3. The predicted molar refractivity (Wildman–Crippen MR) is 116 cm³/mol. The minimum Gasteiger partial charge on any atom is -0.493 e. The summed E-state index contributed by atoms with van der Waals surface area (Å²) in [5.41, 5.74) is 1.46. The fourth-order valence-corrected chi connectivity index (χ4v) is 3.66. The maximum atomic E-state index is 12.5. The zero-order chi connectivity index (χ0) is 23.1. The number of hydrogen-bond acceptors (Lipinski definition) is 7. The molecule has 1 atom stereocenters. The zero-order valence-corrected chi connectivity index (χ0v) is 18.5. The lowest BCUT2D eigenvalue weighted by molar-refractivity contribution is -0.150. The summed E-state index contributed by atoms with van der Waals surface area (Å²) in [6.07, 6.45) is 0.505. The molecule has 1 unspecified atom stereocenters. The summed E-state index contributed by atoms with van der Waals surface area (Å²) in [4.78, 5) is 38.8. The molecule has 8 nitrogen and oxygen atoms in total. The molecule has 32 heavy (non-hydrogen) atoms. The van der Waals surface area contributed by atoms with E-state index in [2.05, 4.69) is 0 Å². The Hall–Kier alpha value is -3.55. The number of esters is 1. The summed E-state index contributed by atoms with van der Waals surface area (Å²) in [5.74, 6) is -0.540. The second kappa shape index (κ2) is 10.7. The second-order valence-corrected chi connectivity index (χ2v) is 7.46. The van der Waals surface area contributed by atoms with Crippen molar-refractivity contribution in [2.75, 3.05) is 34.4 Å². The minimum atomic E-state index is -0.561. The van der Waals surface area contributed by atoms with Gasteiger partial charge in [-0.15, -0.1) is 0 Å². The normalized spacial score (nSPS) is 15.2. The molecule has 1 aliphatic heterocycles. The van der Waals surface area contributed by atoms with Crippen LogP contribution in [0.25, 0.3) is 0 Å². The monoisotopic (exact) mass is 441 g/mol. The molecule has 0 aliphatic carbocycles. The Bertz CT molecular complexity index is 949. The van der Waals surface area contributed by atoms with Crippen molar-refractivity contribution in [2.45, 2.75) is 19.4 Å². The highest BCUT2D eigenvalue weighted by Gasteiger charge is 2.34. The van der Waals surface area contributed by atoms with Crippen LogP contribution in [-0.2, 0) is 32.1 Å². The van der Waals surface area contributed by atoms with Gasteiger partial charge in [-0.2, -0.15) is 0 Å². The predicted octanol–water partition coefficient (Wildman–Crippen LogP) is 2.42. The number of methoxy groups -OCH3 is 3. The van der Waals surface area contributed by atoms with Crippen molar-refractivity contribution in [1.82, 2.24) is 4.90 Å². The first-order valence-corrected chi connectivity index (χ1v) is 10.3. The van der Waals surface area contributed by atoms with Gasteiger partial charge in [0.15, 0.2) is 11.5 Å². The van der Waals surface area contributed by atoms with Crippen LogP contribution in [0.3, 0.4) is 0 Å². The quantitative estimate of drug-likeness (QED) is 0.436. The molecule has 1 amide bonds. The Kier molecular flexibility index (Phi) is 7.70. The van der Waals surface area contributed by atoms with Crippen LogP contribution in [0.2, 0.25) is 0 Å². The summed E-state index contributed by atoms with van der Waals surface area (Å²) in [5, 5.41) is 0. The number of carbonyl (C=O) groups excluding carboxylic acids is 3. The average Bonchev–Trinajstić information content (AvgIpc) is 3.32. The van der Waals surface area contributed by atoms with Gasteiger partial charge >= 0.3 is 5.97 Å². The Morgan fingerprint density at radius 2 is 1.59 bits per heavy atom. The van der Waals surface area contributed by atoms with E-state index in [4.69, 9.17) is 18.9 Å². The fraction of sp³-hybridized carbons (Fsp3) is 0.375. The molecule has 8 heteroatoms. The zero-order valence-electron chi connectivity index (χ0n) is 18.5. The van der Waals surface area contributed by atoms with Crippen molar-refractivity contribution in [2.24, 2.45) is 5.92 Å². The number of amides is 1. The van der Waals surface area contributed by atoms with E-state index in [1.165, 1.54) is 26.2 Å². The molecule has 2 aromatic carbocycles. The number of ketones is 1. The van der Waals surface area contributed by atoms with Crippen molar-refractivity contribution in [3.8, 4) is 17.2 Å². The van der Waals surface area contributed by atoms with Gasteiger partial charge in [-0.25, -0.2) is 0 Å². The third kappa shape index (κ3) is 5.38. The van der Waals surface area contributed by atoms with E-state index in [0.717, 1.165) is 5.56 Å². The van der Waals surface area contributed by atoms with Gasteiger partial charge in [-0.1, -0.05) is 30.3 Å². The van der Waals surface area contributed by atoms with E-state index in [1.54, 1.807) is 24.3 Å². The molecule has 0 saturated carbocycles. The van der Waals surface area contributed by atoms with E-state index >= 15 is 0 Å². The van der Waals surface area contributed by atoms with Crippen LogP contribution in [0.1, 0.15) is 17.5 Å². The Labute approximate surface area is 187 Å². The number of hydrogen-bond donors (Lipinski definition) is 0. The van der Waals surface area contributed by atoms with Gasteiger partial charge < -0.3 is 23.8 Å². The van der Waals surface area contributed by atoms with E-state index in [9.17, 15) is 14.4 Å². The van der Waals surface area contributed by atoms with Gasteiger partial charge in [0.25, 0.3) is 5.91 Å². The van der Waals surface area contributed by atoms with Gasteiger partial charge in [0, 0.05) is 19.5 Å². The van der Waals surface area contributed by atoms with Crippen molar-refractivity contribution in [3.05, 3.63) is 53.6 Å². The molecule has 0 spiro atoms. The Morgan fingerprint density at radius 1 is 0.938 bits per heavy atom. The summed E-state index contributed by atoms with van der Waals surface area (Å²) >= 11 is 0. The first-order chi connectivity index (χ1) is 15.5. The molecular formula is C24H27NO7. The van der Waals surface area contributed by atoms with Crippen LogP contribution in [0.4, 0.5) is 0 Å². The minimum absolute atomic E-state index is 0.0208. The van der Waals surface area contributed by atoms with Crippen molar-refractivity contribution in [1.29, 1.82) is 0 Å². The largest absolute Gasteiger partial charge is 0.493 e. The van der Waals surface area contributed by atoms with E-state index in [-0.39, 0.29) is 19.6 Å². The topological polar surface area (TPSA) is 91.4 Å². The van der Waals surface area contributed by atoms with Crippen LogP contribution in [0.15, 0.2) is 42.5 Å². The summed E-state index contributed by atoms with van der Waals surface area (Å²) in [7, 11) is 4.53. The molecule has 170 valence electrons. The fourth-order valence-electron chi connectivity index (χ4n) is 3.66. The lowest BCUT2D eigenvalue weighted by Crippen LogP contribution is -2.36. The molecule has 0 aromatic heterocycles. The van der Waals surface area contributed by atoms with E-state index < -0.39 is 23.6 Å². The molecule has 2 aromatic rings. The highest BCUT2D eigenvalue weighted by molar-refractivity contribution is 6.36. The number of nitrogens with zero attached hydrogens (tertiary/aromatic N) is 1. The second-order valence-electron chi connectivity index (χ2n) is 7.46. The standard InChI is InChI=1S/C24H27NO7/c1-29-20-12-17(13-21(30-2)22(20)31-3)15-32-24(28)18-9-10-25(14-18)23(27)19(26)11-16-7-5-4-6-8-16/h4-8,12-13,18H,9-11,14-15H2,1-3H3. The van der Waals surface area contributed by atoms with Gasteiger partial charge in [-0.3, -0.25) is 14.4 Å². The van der Waals surface area contributed by atoms with Crippen LogP contribution in [0.5, 0.6) is 17.2 Å². The number of rotatable bonds is 9. The van der Waals surface area contributed by atoms with Gasteiger partial charge in [0.1, 0.15) is 6.61 Å². The van der Waals surface area contributed by atoms with E-state index in [0.29, 0.717) is 35.8 Å². The van der Waals surface area contributed by atoms with Crippen LogP contribution in [-0.4, -0.2) is 57.0 Å². The van der Waals surface area contributed by atoms with Crippen LogP contribution >= 0.6 is 0 Å². The molecule has 0 N–H and O–H groups in total. The lowest BCUT2D eigenvalue weighted by Gasteiger charge is -2.16. The van der Waals surface area contributed by atoms with Crippen molar-refractivity contribution < 1.29 is 33.3 Å². The number of ether oxygens (including phenoxy) is 4. The highest BCUT2D eigenvalue weighted by Crippen LogP contribution is 2.38. The Balaban J connectivity index is 1.55. The number of Topliss-reactive ketones (excluding diaryl/α,β-unsaturated/α-hetero) is 1. The molecule has 1 fully saturated rings. The summed E-state index contributed by atoms with van der Waals surface area (Å²) in [6, 6.07) is 12.5. The van der Waals surface area contributed by atoms with Crippen molar-refractivity contribution >= 4 is 17.7 Å². The molecule has 1 heterocycles. The van der Waals surface area contributed by atoms with Crippen LogP contribution < -0.4 is 14.2 Å². The third-order valence-electron chi connectivity index (χ3n) is 5.36. The molecule has 0 bridgehead atoms. The van der Waals surface area contributed by atoms with E-state index in [1.807, 2.05) is 18.2 Å². The maximum Gasteiger partial charge on any atom is 0.311 e. The number of likely N-dealkylation sites (tertiary alicyclic amines) is 1. The first-order valence-electron chi connectivity index (χ1n) is 10.3. The smallest absolute Gasteiger partial charge is 0.311 e. The Morgan fingerprint density at radius 3 is 2.19 bits per heavy atom. The molecule has 3 rings (SSSR count). The SMILES string of the molecule is COc1cc(COC(=O)C2CCN(C(=O)C(=O)Cc3ccccc3)C2)cc(OC)c1OC. The first kappa shape index (κ1) is 23.1. The maximum absolute atomic E-state index is 12.5. The molecule has 1 saturated heterocycles. The highest BCUT2D eigenvalue weighted by atomic mass is 16.5. The average molecular weight is 441 g/mol. The van der Waals surface area contributed by atoms with Crippen LogP contribution in [0, 0.1) is 5.92 Å².